The van der Waals surface area contributed by atoms with Crippen LogP contribution in [-0.2, 0) is 9.53 Å². The minimum absolute atomic E-state index is 0.00306. The monoisotopic (exact) mass is 347 g/mol. The Morgan fingerprint density at radius 2 is 2.29 bits per heavy atom. The third-order valence-electron chi connectivity index (χ3n) is 5.09. The molecule has 5 rings (SSSR count). The standard InChI is InChI=1S/C17H21N3O3S/c1-23-6-5-20-12-3-2-11(16(20)21)9-19(10-12)17(22)14-8-15-13(18-14)4-7-24-15/h4,7-8,11-12,18H,2-3,5-6,9-10H2,1H3/t11-,12+/m1/s1. The van der Waals surface area contributed by atoms with Gasteiger partial charge < -0.3 is 19.5 Å². The highest BCUT2D eigenvalue weighted by Gasteiger charge is 2.41. The average Bonchev–Trinajstić information content (AvgIpc) is 3.07. The van der Waals surface area contributed by atoms with E-state index >= 15 is 0 Å². The Bertz CT molecular complexity index is 740. The maximum absolute atomic E-state index is 12.9. The van der Waals surface area contributed by atoms with Crippen molar-refractivity contribution < 1.29 is 14.3 Å². The molecule has 2 aromatic rings. The van der Waals surface area contributed by atoms with Gasteiger partial charge in [-0.05, 0) is 30.4 Å². The Hall–Kier alpha value is -1.86. The summed E-state index contributed by atoms with van der Waals surface area (Å²) >= 11 is 1.62. The second-order valence-electron chi connectivity index (χ2n) is 6.54. The Kier molecular flexibility index (Phi) is 4.05. The van der Waals surface area contributed by atoms with Crippen molar-refractivity contribution in [1.82, 2.24) is 14.8 Å². The van der Waals surface area contributed by atoms with E-state index in [2.05, 4.69) is 4.98 Å². The molecule has 2 atom stereocenters. The Labute approximate surface area is 144 Å². The Balaban J connectivity index is 1.55. The molecule has 0 aliphatic carbocycles. The molecule has 3 aliphatic rings. The van der Waals surface area contributed by atoms with E-state index in [4.69, 9.17) is 4.74 Å². The van der Waals surface area contributed by atoms with E-state index in [1.807, 2.05) is 27.3 Å². The van der Waals surface area contributed by atoms with Gasteiger partial charge in [-0.3, -0.25) is 9.59 Å². The molecule has 7 heteroatoms. The summed E-state index contributed by atoms with van der Waals surface area (Å²) < 4.78 is 6.22. The van der Waals surface area contributed by atoms with E-state index in [1.54, 1.807) is 18.4 Å². The molecule has 0 aromatic carbocycles. The smallest absolute Gasteiger partial charge is 0.270 e. The van der Waals surface area contributed by atoms with Gasteiger partial charge in [-0.2, -0.15) is 0 Å². The van der Waals surface area contributed by atoms with E-state index in [1.165, 1.54) is 0 Å². The number of thiophene rings is 1. The quantitative estimate of drug-likeness (QED) is 0.919. The lowest BCUT2D eigenvalue weighted by Gasteiger charge is -2.35. The molecule has 3 fully saturated rings. The number of carbonyl (C=O) groups excluding carboxylic acids is 2. The fraction of sp³-hybridized carbons (Fsp3) is 0.529. The van der Waals surface area contributed by atoms with Crippen LogP contribution in [0.15, 0.2) is 17.5 Å². The van der Waals surface area contributed by atoms with E-state index in [9.17, 15) is 9.59 Å². The van der Waals surface area contributed by atoms with Gasteiger partial charge in [-0.15, -0.1) is 11.3 Å². The van der Waals surface area contributed by atoms with Crippen LogP contribution in [0.1, 0.15) is 23.3 Å². The Morgan fingerprint density at radius 1 is 1.42 bits per heavy atom. The van der Waals surface area contributed by atoms with Gasteiger partial charge in [0, 0.05) is 32.8 Å². The van der Waals surface area contributed by atoms with Gasteiger partial charge in [0.2, 0.25) is 5.91 Å². The van der Waals surface area contributed by atoms with Crippen LogP contribution in [0.25, 0.3) is 10.2 Å². The van der Waals surface area contributed by atoms with E-state index < -0.39 is 0 Å². The molecule has 3 saturated heterocycles. The number of ether oxygens (including phenoxy) is 1. The molecule has 2 aromatic heterocycles. The van der Waals surface area contributed by atoms with Gasteiger partial charge >= 0.3 is 0 Å². The minimum Gasteiger partial charge on any atom is -0.383 e. The third kappa shape index (κ3) is 2.61. The lowest BCUT2D eigenvalue weighted by atomic mass is 9.94. The molecule has 24 heavy (non-hydrogen) atoms. The van der Waals surface area contributed by atoms with Gasteiger partial charge in [0.05, 0.1) is 22.7 Å². The minimum atomic E-state index is -0.0827. The summed E-state index contributed by atoms with van der Waals surface area (Å²) in [7, 11) is 1.65. The zero-order valence-corrected chi connectivity index (χ0v) is 14.5. The SMILES string of the molecule is COCCN1C(=O)[C@@H]2CC[C@H]1CN(C(=O)c1cc3sccc3[nH]1)C2. The Morgan fingerprint density at radius 3 is 3.08 bits per heavy atom. The number of rotatable bonds is 4. The fourth-order valence-corrected chi connectivity index (χ4v) is 4.61. The van der Waals surface area contributed by atoms with Crippen molar-refractivity contribution in [2.24, 2.45) is 5.92 Å². The van der Waals surface area contributed by atoms with Crippen molar-refractivity contribution >= 4 is 33.4 Å². The first-order valence-electron chi connectivity index (χ1n) is 8.32. The molecular weight excluding hydrogens is 326 g/mol. The van der Waals surface area contributed by atoms with E-state index in [0.29, 0.717) is 31.9 Å². The van der Waals surface area contributed by atoms with Crippen molar-refractivity contribution in [3.8, 4) is 0 Å². The first-order chi connectivity index (χ1) is 11.7. The number of nitrogens with zero attached hydrogens (tertiary/aromatic N) is 2. The van der Waals surface area contributed by atoms with Crippen molar-refractivity contribution in [3.05, 3.63) is 23.2 Å². The lowest BCUT2D eigenvalue weighted by molar-refractivity contribution is -0.140. The lowest BCUT2D eigenvalue weighted by Crippen LogP contribution is -2.49. The normalized spacial score (nSPS) is 24.0. The summed E-state index contributed by atoms with van der Waals surface area (Å²) in [4.78, 5) is 32.5. The number of H-pyrrole nitrogens is 1. The number of methoxy groups -OCH3 is 1. The number of hydrogen-bond donors (Lipinski definition) is 1. The second-order valence-corrected chi connectivity index (χ2v) is 7.49. The first kappa shape index (κ1) is 15.7. The highest BCUT2D eigenvalue weighted by Crippen LogP contribution is 2.30. The maximum Gasteiger partial charge on any atom is 0.270 e. The number of amides is 2. The summed E-state index contributed by atoms with van der Waals surface area (Å²) in [5, 5.41) is 2.01. The maximum atomic E-state index is 12.9. The molecule has 3 aliphatic heterocycles. The molecular formula is C17H21N3O3S. The molecule has 2 amide bonds. The van der Waals surface area contributed by atoms with Gasteiger partial charge in [-0.25, -0.2) is 0 Å². The summed E-state index contributed by atoms with van der Waals surface area (Å²) in [6.07, 6.45) is 1.83. The molecule has 0 spiro atoms. The number of hydrogen-bond acceptors (Lipinski definition) is 4. The zero-order chi connectivity index (χ0) is 16.7. The number of piperidine rings is 1. The molecule has 5 heterocycles. The molecule has 0 radical (unpaired) electrons. The van der Waals surface area contributed by atoms with Crippen LogP contribution in [0.3, 0.4) is 0 Å². The molecule has 6 nitrogen and oxygen atoms in total. The number of fused-ring (bicyclic) bond motifs is 5. The molecule has 1 N–H and O–H groups in total. The first-order valence-corrected chi connectivity index (χ1v) is 9.20. The van der Waals surface area contributed by atoms with Crippen molar-refractivity contribution in [2.45, 2.75) is 18.9 Å². The van der Waals surface area contributed by atoms with Gasteiger partial charge in [0.25, 0.3) is 5.91 Å². The predicted octanol–water partition coefficient (Wildman–Crippen LogP) is 1.94. The fourth-order valence-electron chi connectivity index (χ4n) is 3.82. The molecule has 2 bridgehead atoms. The van der Waals surface area contributed by atoms with E-state index in [-0.39, 0.29) is 23.8 Å². The van der Waals surface area contributed by atoms with E-state index in [0.717, 1.165) is 23.1 Å². The number of nitrogens with one attached hydrogen (secondary N) is 1. The van der Waals surface area contributed by atoms with Gasteiger partial charge in [0.15, 0.2) is 0 Å². The summed E-state index contributed by atoms with van der Waals surface area (Å²) in [5.74, 6) is 0.0865. The number of carbonyl (C=O) groups is 2. The number of aromatic amines is 1. The van der Waals surface area contributed by atoms with Crippen LogP contribution in [0.2, 0.25) is 0 Å². The topological polar surface area (TPSA) is 65.6 Å². The predicted molar refractivity (Wildman–Crippen MR) is 92.2 cm³/mol. The van der Waals surface area contributed by atoms with Gasteiger partial charge in [0.1, 0.15) is 5.69 Å². The summed E-state index contributed by atoms with van der Waals surface area (Å²) in [6, 6.07) is 4.00. The largest absolute Gasteiger partial charge is 0.383 e. The summed E-state index contributed by atoms with van der Waals surface area (Å²) in [5.41, 5.74) is 1.62. The molecule has 128 valence electrons. The third-order valence-corrected chi connectivity index (χ3v) is 5.95. The van der Waals surface area contributed by atoms with Crippen LogP contribution < -0.4 is 0 Å². The van der Waals surface area contributed by atoms with Gasteiger partial charge in [-0.1, -0.05) is 0 Å². The van der Waals surface area contributed by atoms with Crippen LogP contribution >= 0.6 is 11.3 Å². The van der Waals surface area contributed by atoms with Crippen molar-refractivity contribution in [1.29, 1.82) is 0 Å². The van der Waals surface area contributed by atoms with Crippen molar-refractivity contribution in [2.75, 3.05) is 33.4 Å². The highest BCUT2D eigenvalue weighted by atomic mass is 32.1. The zero-order valence-electron chi connectivity index (χ0n) is 13.7. The van der Waals surface area contributed by atoms with Crippen molar-refractivity contribution in [3.63, 3.8) is 0 Å². The van der Waals surface area contributed by atoms with Crippen LogP contribution in [0.4, 0.5) is 0 Å². The van der Waals surface area contributed by atoms with Crippen LogP contribution in [0.5, 0.6) is 0 Å². The number of aromatic nitrogens is 1. The highest BCUT2D eigenvalue weighted by molar-refractivity contribution is 7.17. The van der Waals surface area contributed by atoms with Crippen LogP contribution in [0, 0.1) is 5.92 Å². The van der Waals surface area contributed by atoms with Crippen LogP contribution in [-0.4, -0.2) is 66.0 Å². The molecule has 0 saturated carbocycles. The average molecular weight is 347 g/mol. The second kappa shape index (κ2) is 6.22. The summed E-state index contributed by atoms with van der Waals surface area (Å²) in [6.45, 7) is 2.27. The molecule has 0 unspecified atom stereocenters.